The van der Waals surface area contributed by atoms with Gasteiger partial charge in [0, 0.05) is 12.7 Å². The summed E-state index contributed by atoms with van der Waals surface area (Å²) in [5.74, 6) is 0.0676. The molecule has 1 aromatic rings. The largest absolute Gasteiger partial charge is 0.316 e. The predicted molar refractivity (Wildman–Crippen MR) is 59.2 cm³/mol. The van der Waals surface area contributed by atoms with Gasteiger partial charge in [0.25, 0.3) is 0 Å². The Morgan fingerprint density at radius 2 is 2.27 bits per heavy atom. The summed E-state index contributed by atoms with van der Waals surface area (Å²) >= 11 is 0. The molecule has 0 aliphatic carbocycles. The fourth-order valence-corrected chi connectivity index (χ4v) is 2.03. The molecule has 15 heavy (non-hydrogen) atoms. The number of aromatic nitrogens is 2. The minimum atomic E-state index is -3.26. The molecule has 0 aromatic carbocycles. The molecule has 1 heterocycles. The van der Waals surface area contributed by atoms with Crippen molar-refractivity contribution in [1.29, 1.82) is 0 Å². The lowest BCUT2D eigenvalue weighted by Crippen LogP contribution is -2.27. The van der Waals surface area contributed by atoms with Crippen LogP contribution in [0.1, 0.15) is 13.3 Å². The number of rotatable bonds is 7. The van der Waals surface area contributed by atoms with E-state index in [1.807, 2.05) is 6.92 Å². The summed E-state index contributed by atoms with van der Waals surface area (Å²) in [6.45, 7) is 3.33. The fourth-order valence-electron chi connectivity index (χ4n) is 1.05. The minimum absolute atomic E-state index is 0.0676. The molecule has 0 atom stereocenters. The molecule has 1 aromatic heterocycles. The first-order valence-corrected chi connectivity index (χ1v) is 6.49. The summed E-state index contributed by atoms with van der Waals surface area (Å²) in [6.07, 6.45) is 3.92. The Kier molecular flexibility index (Phi) is 4.57. The van der Waals surface area contributed by atoms with Crippen molar-refractivity contribution >= 4 is 15.7 Å². The second kappa shape index (κ2) is 5.72. The summed E-state index contributed by atoms with van der Waals surface area (Å²) in [7, 11) is -3.26. The van der Waals surface area contributed by atoms with E-state index in [-0.39, 0.29) is 5.75 Å². The first-order valence-electron chi connectivity index (χ1n) is 4.84. The number of aromatic amines is 1. The highest BCUT2D eigenvalue weighted by atomic mass is 32.2. The van der Waals surface area contributed by atoms with Gasteiger partial charge in [-0.1, -0.05) is 6.92 Å². The number of nitrogens with zero attached hydrogens (tertiary/aromatic N) is 1. The molecule has 0 fully saturated rings. The van der Waals surface area contributed by atoms with E-state index in [0.29, 0.717) is 12.2 Å². The predicted octanol–water partition coefficient (Wildman–Crippen LogP) is 0.151. The van der Waals surface area contributed by atoms with Gasteiger partial charge in [0.15, 0.2) is 0 Å². The van der Waals surface area contributed by atoms with Crippen LogP contribution in [0.5, 0.6) is 0 Å². The molecule has 0 saturated carbocycles. The van der Waals surface area contributed by atoms with Crippen LogP contribution in [0.25, 0.3) is 0 Å². The van der Waals surface area contributed by atoms with Gasteiger partial charge in [0.2, 0.25) is 10.0 Å². The lowest BCUT2D eigenvalue weighted by molar-refractivity contribution is 0.595. The Morgan fingerprint density at radius 1 is 1.47 bits per heavy atom. The molecule has 0 aliphatic rings. The molecule has 3 N–H and O–H groups in total. The quantitative estimate of drug-likeness (QED) is 0.584. The molecule has 6 nitrogen and oxygen atoms in total. The minimum Gasteiger partial charge on any atom is -0.316 e. The molecule has 0 radical (unpaired) electrons. The van der Waals surface area contributed by atoms with Gasteiger partial charge in [-0.3, -0.25) is 9.82 Å². The van der Waals surface area contributed by atoms with Gasteiger partial charge < -0.3 is 5.32 Å². The second-order valence-electron chi connectivity index (χ2n) is 3.16. The Balaban J connectivity index is 2.33. The van der Waals surface area contributed by atoms with E-state index in [4.69, 9.17) is 0 Å². The van der Waals surface area contributed by atoms with E-state index in [2.05, 4.69) is 20.2 Å². The van der Waals surface area contributed by atoms with Gasteiger partial charge in [-0.2, -0.15) is 5.10 Å². The molecule has 0 unspecified atom stereocenters. The number of H-pyrrole nitrogens is 1. The van der Waals surface area contributed by atoms with Crippen molar-refractivity contribution in [2.24, 2.45) is 0 Å². The highest BCUT2D eigenvalue weighted by Crippen LogP contribution is 2.04. The number of anilines is 1. The zero-order chi connectivity index (χ0) is 11.1. The van der Waals surface area contributed by atoms with E-state index in [1.54, 1.807) is 0 Å². The number of hydrogen-bond donors (Lipinski definition) is 3. The second-order valence-corrected chi connectivity index (χ2v) is 5.00. The molecule has 7 heteroatoms. The normalized spacial score (nSPS) is 11.5. The zero-order valence-corrected chi connectivity index (χ0v) is 9.47. The molecule has 0 bridgehead atoms. The average Bonchev–Trinajstić information content (AvgIpc) is 2.64. The van der Waals surface area contributed by atoms with Crippen molar-refractivity contribution < 1.29 is 8.42 Å². The van der Waals surface area contributed by atoms with Crippen LogP contribution in [0.4, 0.5) is 5.69 Å². The maximum atomic E-state index is 11.5. The first-order chi connectivity index (χ1) is 7.14. The maximum Gasteiger partial charge on any atom is 0.234 e. The van der Waals surface area contributed by atoms with Gasteiger partial charge in [-0.25, -0.2) is 8.42 Å². The third-order valence-electron chi connectivity index (χ3n) is 1.75. The third kappa shape index (κ3) is 4.80. The van der Waals surface area contributed by atoms with E-state index < -0.39 is 10.0 Å². The van der Waals surface area contributed by atoms with Crippen molar-refractivity contribution in [1.82, 2.24) is 15.5 Å². The molecule has 0 amide bonds. The van der Waals surface area contributed by atoms with Gasteiger partial charge in [-0.15, -0.1) is 0 Å². The van der Waals surface area contributed by atoms with Crippen LogP contribution >= 0.6 is 0 Å². The zero-order valence-electron chi connectivity index (χ0n) is 8.66. The van der Waals surface area contributed by atoms with E-state index in [1.165, 1.54) is 12.4 Å². The van der Waals surface area contributed by atoms with E-state index in [0.717, 1.165) is 13.0 Å². The molecule has 0 aliphatic heterocycles. The SMILES string of the molecule is CCCNCCS(=O)(=O)Nc1cn[nH]c1. The van der Waals surface area contributed by atoms with Gasteiger partial charge in [0.05, 0.1) is 17.6 Å². The topological polar surface area (TPSA) is 86.9 Å². The third-order valence-corrected chi connectivity index (χ3v) is 3.03. The Hall–Kier alpha value is -1.08. The number of nitrogens with one attached hydrogen (secondary N) is 3. The lowest BCUT2D eigenvalue weighted by atomic mass is 10.5. The van der Waals surface area contributed by atoms with Gasteiger partial charge >= 0.3 is 0 Å². The summed E-state index contributed by atoms with van der Waals surface area (Å²) in [5.41, 5.74) is 0.463. The van der Waals surface area contributed by atoms with Crippen LogP contribution in [-0.4, -0.2) is 37.5 Å². The van der Waals surface area contributed by atoms with Crippen molar-refractivity contribution in [2.45, 2.75) is 13.3 Å². The smallest absolute Gasteiger partial charge is 0.234 e. The monoisotopic (exact) mass is 232 g/mol. The first kappa shape index (κ1) is 12.0. The molecular weight excluding hydrogens is 216 g/mol. The van der Waals surface area contributed by atoms with Crippen LogP contribution < -0.4 is 10.0 Å². The van der Waals surface area contributed by atoms with E-state index in [9.17, 15) is 8.42 Å². The lowest BCUT2D eigenvalue weighted by Gasteiger charge is -2.06. The number of hydrogen-bond acceptors (Lipinski definition) is 4. The maximum absolute atomic E-state index is 11.5. The van der Waals surface area contributed by atoms with Crippen LogP contribution in [0.2, 0.25) is 0 Å². The fraction of sp³-hybridized carbons (Fsp3) is 0.625. The summed E-state index contributed by atoms with van der Waals surface area (Å²) < 4.78 is 25.4. The Labute approximate surface area is 89.5 Å². The van der Waals surface area contributed by atoms with Crippen LogP contribution in [0, 0.1) is 0 Å². The standard InChI is InChI=1S/C8H16N4O2S/c1-2-3-9-4-5-15(13,14)12-8-6-10-11-7-8/h6-7,9,12H,2-5H2,1H3,(H,10,11). The van der Waals surface area contributed by atoms with Crippen molar-refractivity contribution in [3.05, 3.63) is 12.4 Å². The van der Waals surface area contributed by atoms with Crippen LogP contribution in [-0.2, 0) is 10.0 Å². The summed E-state index contributed by atoms with van der Waals surface area (Å²) in [6, 6.07) is 0. The summed E-state index contributed by atoms with van der Waals surface area (Å²) in [4.78, 5) is 0. The molecule has 86 valence electrons. The average molecular weight is 232 g/mol. The Morgan fingerprint density at radius 3 is 2.87 bits per heavy atom. The van der Waals surface area contributed by atoms with E-state index >= 15 is 0 Å². The van der Waals surface area contributed by atoms with Crippen LogP contribution in [0.15, 0.2) is 12.4 Å². The highest BCUT2D eigenvalue weighted by molar-refractivity contribution is 7.92. The van der Waals surface area contributed by atoms with Crippen molar-refractivity contribution in [2.75, 3.05) is 23.6 Å². The molecule has 1 rings (SSSR count). The van der Waals surface area contributed by atoms with Gasteiger partial charge in [-0.05, 0) is 13.0 Å². The molecular formula is C8H16N4O2S. The Bertz CT molecular complexity index is 360. The number of sulfonamides is 1. The van der Waals surface area contributed by atoms with Crippen molar-refractivity contribution in [3.8, 4) is 0 Å². The van der Waals surface area contributed by atoms with Crippen LogP contribution in [0.3, 0.4) is 0 Å². The highest BCUT2D eigenvalue weighted by Gasteiger charge is 2.09. The van der Waals surface area contributed by atoms with Gasteiger partial charge in [0.1, 0.15) is 0 Å². The molecule has 0 saturated heterocycles. The summed E-state index contributed by atoms with van der Waals surface area (Å²) in [5, 5.41) is 9.21. The van der Waals surface area contributed by atoms with Crippen molar-refractivity contribution in [3.63, 3.8) is 0 Å². The molecule has 0 spiro atoms.